The fraction of sp³-hybridized carbons (Fsp3) is 0.0370. The molecule has 274 valence electrons. The molecular weight excluding hydrogens is 693 g/mol. The molecule has 0 radical (unpaired) electrons. The second-order valence-electron chi connectivity index (χ2n) is 14.2. The second-order valence-corrected chi connectivity index (χ2v) is 14.2. The Morgan fingerprint density at radius 3 is 1.23 bits per heavy atom. The first kappa shape index (κ1) is 35.5. The lowest BCUT2D eigenvalue weighted by molar-refractivity contribution is 0.107. The zero-order valence-electron chi connectivity index (χ0n) is 31.7. The van der Waals surface area contributed by atoms with Crippen LogP contribution < -0.4 is 9.80 Å². The summed E-state index contributed by atoms with van der Waals surface area (Å²) in [5.74, 6) is 0. The van der Waals surface area contributed by atoms with Gasteiger partial charge in [-0.25, -0.2) is 0 Å². The Kier molecular flexibility index (Phi) is 10.1. The van der Waals surface area contributed by atoms with Crippen molar-refractivity contribution in [3.63, 3.8) is 0 Å². The van der Waals surface area contributed by atoms with E-state index < -0.39 is 0 Å². The summed E-state index contributed by atoms with van der Waals surface area (Å²) < 4.78 is 6.10. The Bertz CT molecular complexity index is 2750. The van der Waals surface area contributed by atoms with Crippen LogP contribution in [0, 0.1) is 0 Å². The van der Waals surface area contributed by atoms with Crippen molar-refractivity contribution in [3.8, 4) is 11.1 Å². The van der Waals surface area contributed by atoms with E-state index in [1.165, 1.54) is 21.5 Å². The number of hydrogen-bond acceptors (Lipinski definition) is 3. The van der Waals surface area contributed by atoms with Crippen LogP contribution in [0.4, 0.5) is 34.1 Å². The third kappa shape index (κ3) is 7.57. The smallest absolute Gasteiger partial charge is 0.0721 e. The van der Waals surface area contributed by atoms with Crippen LogP contribution in [0.2, 0.25) is 0 Å². The lowest BCUT2D eigenvalue weighted by atomic mass is 10.0. The van der Waals surface area contributed by atoms with Crippen LogP contribution >= 0.6 is 0 Å². The molecule has 0 aliphatic heterocycles. The van der Waals surface area contributed by atoms with Crippen LogP contribution in [0.15, 0.2) is 219 Å². The fourth-order valence-corrected chi connectivity index (χ4v) is 7.62. The summed E-state index contributed by atoms with van der Waals surface area (Å²) in [6.45, 7) is 4.95. The molecule has 0 atom stereocenters. The summed E-state index contributed by atoms with van der Waals surface area (Å²) in [5.41, 5.74) is 12.4. The number of hydrogen-bond donors (Lipinski definition) is 0. The minimum absolute atomic E-state index is 0.538. The number of para-hydroxylation sites is 1. The van der Waals surface area contributed by atoms with Gasteiger partial charge in [-0.1, -0.05) is 164 Å². The van der Waals surface area contributed by atoms with Crippen molar-refractivity contribution >= 4 is 61.7 Å². The minimum Gasteiger partial charge on any atom is -0.372 e. The van der Waals surface area contributed by atoms with Gasteiger partial charge < -0.3 is 14.5 Å². The predicted molar refractivity (Wildman–Crippen MR) is 241 cm³/mol. The largest absolute Gasteiger partial charge is 0.372 e. The highest BCUT2D eigenvalue weighted by molar-refractivity contribution is 6.00. The first-order chi connectivity index (χ1) is 28.2. The molecule has 0 saturated heterocycles. The number of benzene rings is 9. The Hall–Kier alpha value is -7.20. The molecule has 0 spiro atoms. The van der Waals surface area contributed by atoms with Crippen molar-refractivity contribution in [2.24, 2.45) is 0 Å². The highest BCUT2D eigenvalue weighted by Gasteiger charge is 2.17. The molecule has 9 aromatic carbocycles. The Balaban J connectivity index is 1.00. The van der Waals surface area contributed by atoms with Crippen molar-refractivity contribution in [2.75, 3.05) is 9.80 Å². The van der Waals surface area contributed by atoms with Crippen molar-refractivity contribution in [1.82, 2.24) is 0 Å². The van der Waals surface area contributed by atoms with Crippen LogP contribution in [0.3, 0.4) is 0 Å². The first-order valence-corrected chi connectivity index (χ1v) is 19.4. The Morgan fingerprint density at radius 2 is 0.754 bits per heavy atom. The zero-order chi connectivity index (χ0) is 38.4. The van der Waals surface area contributed by atoms with Gasteiger partial charge in [0.05, 0.1) is 24.6 Å². The molecule has 3 heteroatoms. The maximum absolute atomic E-state index is 6.10. The van der Waals surface area contributed by atoms with Crippen molar-refractivity contribution in [2.45, 2.75) is 13.2 Å². The van der Waals surface area contributed by atoms with Crippen LogP contribution in [0.25, 0.3) is 38.7 Å². The van der Waals surface area contributed by atoms with Crippen molar-refractivity contribution in [1.29, 1.82) is 0 Å². The SMILES string of the molecule is C=Cc1ccc(COCc2ccc(N(c3ccc(-c4ccc(N(c5ccccc5)c5cccc6ccccc56)cc4)cc3)c3cccc4ccccc34)cc2)cc1. The van der Waals surface area contributed by atoms with Crippen LogP contribution in [-0.4, -0.2) is 0 Å². The lowest BCUT2D eigenvalue weighted by Gasteiger charge is -2.27. The zero-order valence-corrected chi connectivity index (χ0v) is 31.7. The maximum Gasteiger partial charge on any atom is 0.0721 e. The van der Waals surface area contributed by atoms with E-state index in [1.54, 1.807) is 0 Å². The van der Waals surface area contributed by atoms with Crippen LogP contribution in [-0.2, 0) is 18.0 Å². The van der Waals surface area contributed by atoms with Gasteiger partial charge in [0.25, 0.3) is 0 Å². The van der Waals surface area contributed by atoms with Crippen molar-refractivity contribution in [3.05, 3.63) is 236 Å². The predicted octanol–water partition coefficient (Wildman–Crippen LogP) is 15.0. The number of nitrogens with zero attached hydrogens (tertiary/aromatic N) is 2. The summed E-state index contributed by atoms with van der Waals surface area (Å²) >= 11 is 0. The maximum atomic E-state index is 6.10. The first-order valence-electron chi connectivity index (χ1n) is 19.4. The molecule has 9 rings (SSSR count). The molecule has 0 fully saturated rings. The average Bonchev–Trinajstić information content (AvgIpc) is 3.28. The molecule has 0 aliphatic carbocycles. The van der Waals surface area contributed by atoms with E-state index in [4.69, 9.17) is 4.74 Å². The van der Waals surface area contributed by atoms with Gasteiger partial charge in [0.2, 0.25) is 0 Å². The third-order valence-corrected chi connectivity index (χ3v) is 10.6. The number of rotatable bonds is 12. The summed E-state index contributed by atoms with van der Waals surface area (Å²) in [6.07, 6.45) is 1.86. The topological polar surface area (TPSA) is 15.7 Å². The molecule has 0 N–H and O–H groups in total. The molecule has 0 bridgehead atoms. The summed E-state index contributed by atoms with van der Waals surface area (Å²) in [7, 11) is 0. The normalized spacial score (nSPS) is 11.1. The number of anilines is 6. The van der Waals surface area contributed by atoms with E-state index in [0.717, 1.165) is 61.9 Å². The third-order valence-electron chi connectivity index (χ3n) is 10.6. The Morgan fingerprint density at radius 1 is 0.368 bits per heavy atom. The van der Waals surface area contributed by atoms with Gasteiger partial charge in [-0.3, -0.25) is 0 Å². The summed E-state index contributed by atoms with van der Waals surface area (Å²) in [5, 5.41) is 4.84. The van der Waals surface area contributed by atoms with Gasteiger partial charge in [0.15, 0.2) is 0 Å². The van der Waals surface area contributed by atoms with E-state index in [-0.39, 0.29) is 0 Å². The van der Waals surface area contributed by atoms with Gasteiger partial charge in [-0.15, -0.1) is 0 Å². The number of fused-ring (bicyclic) bond motifs is 2. The van der Waals surface area contributed by atoms with Crippen LogP contribution in [0.1, 0.15) is 16.7 Å². The van der Waals surface area contributed by atoms with Gasteiger partial charge in [0, 0.05) is 33.5 Å². The van der Waals surface area contributed by atoms with Gasteiger partial charge in [0.1, 0.15) is 0 Å². The molecule has 3 nitrogen and oxygen atoms in total. The molecule has 0 heterocycles. The minimum atomic E-state index is 0.538. The van der Waals surface area contributed by atoms with Gasteiger partial charge in [-0.05, 0) is 99.3 Å². The molecule has 0 amide bonds. The van der Waals surface area contributed by atoms with Crippen molar-refractivity contribution < 1.29 is 4.74 Å². The van der Waals surface area contributed by atoms with E-state index in [1.807, 2.05) is 6.08 Å². The highest BCUT2D eigenvalue weighted by atomic mass is 16.5. The number of ether oxygens (including phenoxy) is 1. The van der Waals surface area contributed by atoms with Gasteiger partial charge >= 0.3 is 0 Å². The molecule has 57 heavy (non-hydrogen) atoms. The second kappa shape index (κ2) is 16.3. The van der Waals surface area contributed by atoms with E-state index in [0.29, 0.717) is 13.2 Å². The summed E-state index contributed by atoms with van der Waals surface area (Å²) in [4.78, 5) is 4.69. The quantitative estimate of drug-likeness (QED) is 0.124. The van der Waals surface area contributed by atoms with E-state index >= 15 is 0 Å². The Labute approximate surface area is 335 Å². The lowest BCUT2D eigenvalue weighted by Crippen LogP contribution is -2.10. The van der Waals surface area contributed by atoms with Crippen LogP contribution in [0.5, 0.6) is 0 Å². The summed E-state index contributed by atoms with van der Waals surface area (Å²) in [6, 6.07) is 75.7. The molecular formula is C54H42N2O. The average molecular weight is 735 g/mol. The van der Waals surface area contributed by atoms with E-state index in [9.17, 15) is 0 Å². The monoisotopic (exact) mass is 734 g/mol. The molecule has 0 aromatic heterocycles. The molecule has 9 aromatic rings. The highest BCUT2D eigenvalue weighted by Crippen LogP contribution is 2.41. The molecule has 0 aliphatic rings. The fourth-order valence-electron chi connectivity index (χ4n) is 7.62. The molecule has 0 saturated carbocycles. The van der Waals surface area contributed by atoms with E-state index in [2.05, 4.69) is 229 Å². The molecule has 0 unspecified atom stereocenters. The van der Waals surface area contributed by atoms with Gasteiger partial charge in [-0.2, -0.15) is 0 Å². The standard InChI is InChI=1S/C54H42N2O/c1-2-40-22-24-41(25-23-40)38-57-39-42-26-32-48(33-27-42)56(54-21-11-15-46-13-7-9-19-52(46)54)50-36-30-44(31-37-50)43-28-34-49(35-29-43)55(47-16-4-3-5-17-47)53-20-10-14-45-12-6-8-18-51(45)53/h2-37H,1,38-39H2.